The van der Waals surface area contributed by atoms with Gasteiger partial charge in [0.25, 0.3) is 5.91 Å². The molecule has 0 unspecified atom stereocenters. The van der Waals surface area contributed by atoms with Crippen molar-refractivity contribution >= 4 is 21.6 Å². The number of sulfonamides is 1. The van der Waals surface area contributed by atoms with Crippen LogP contribution >= 0.6 is 0 Å². The Morgan fingerprint density at radius 3 is 2.16 bits per heavy atom. The summed E-state index contributed by atoms with van der Waals surface area (Å²) in [6.07, 6.45) is 1.99. The second-order valence-corrected chi connectivity index (χ2v) is 10.1. The summed E-state index contributed by atoms with van der Waals surface area (Å²) in [6.45, 7) is 6.20. The van der Waals surface area contributed by atoms with E-state index in [9.17, 15) is 13.2 Å². The Morgan fingerprint density at radius 2 is 1.59 bits per heavy atom. The molecule has 0 bridgehead atoms. The molecule has 1 N–H and O–H groups in total. The van der Waals surface area contributed by atoms with Gasteiger partial charge in [-0.25, -0.2) is 8.42 Å². The van der Waals surface area contributed by atoms with Crippen LogP contribution in [0, 0.1) is 13.8 Å². The van der Waals surface area contributed by atoms with E-state index in [2.05, 4.69) is 5.32 Å². The molecule has 0 saturated heterocycles. The van der Waals surface area contributed by atoms with E-state index in [1.54, 1.807) is 30.3 Å². The van der Waals surface area contributed by atoms with Gasteiger partial charge in [0.05, 0.1) is 24.5 Å². The fourth-order valence-corrected chi connectivity index (χ4v) is 4.45. The van der Waals surface area contributed by atoms with E-state index in [0.29, 0.717) is 11.3 Å². The third-order valence-electron chi connectivity index (χ3n) is 5.43. The van der Waals surface area contributed by atoms with Crippen molar-refractivity contribution in [3.8, 4) is 0 Å². The van der Waals surface area contributed by atoms with Gasteiger partial charge >= 0.3 is 0 Å². The number of hydrogen-bond donors (Lipinski definition) is 1. The summed E-state index contributed by atoms with van der Waals surface area (Å²) < 4.78 is 26.2. The van der Waals surface area contributed by atoms with E-state index in [-0.39, 0.29) is 18.5 Å². The summed E-state index contributed by atoms with van der Waals surface area (Å²) in [7, 11) is -3.46. The van der Waals surface area contributed by atoms with Crippen LogP contribution in [0.3, 0.4) is 0 Å². The molecule has 5 nitrogen and oxygen atoms in total. The fraction of sp³-hybridized carbons (Fsp3) is 0.269. The van der Waals surface area contributed by atoms with Crippen LogP contribution in [0.15, 0.2) is 72.8 Å². The number of rotatable bonds is 8. The molecule has 32 heavy (non-hydrogen) atoms. The smallest absolute Gasteiger partial charge is 0.251 e. The number of amides is 1. The van der Waals surface area contributed by atoms with Gasteiger partial charge in [0.1, 0.15) is 0 Å². The van der Waals surface area contributed by atoms with E-state index < -0.39 is 10.0 Å². The molecule has 0 aliphatic rings. The number of carbonyl (C=O) groups is 1. The predicted molar refractivity (Wildman–Crippen MR) is 130 cm³/mol. The maximum Gasteiger partial charge on any atom is 0.251 e. The third-order valence-corrected chi connectivity index (χ3v) is 6.57. The van der Waals surface area contributed by atoms with Crippen molar-refractivity contribution in [2.45, 2.75) is 39.8 Å². The lowest BCUT2D eigenvalue weighted by Crippen LogP contribution is -2.29. The largest absolute Gasteiger partial charge is 0.345 e. The average molecular weight is 451 g/mol. The molecule has 0 spiro atoms. The van der Waals surface area contributed by atoms with Crippen LogP contribution < -0.4 is 9.62 Å². The molecule has 0 saturated carbocycles. The van der Waals surface area contributed by atoms with Crippen LogP contribution in [0.2, 0.25) is 0 Å². The second kappa shape index (κ2) is 10.0. The van der Waals surface area contributed by atoms with Crippen LogP contribution in [0.1, 0.15) is 52.0 Å². The predicted octanol–water partition coefficient (Wildman–Crippen LogP) is 5.15. The van der Waals surface area contributed by atoms with Gasteiger partial charge in [-0.15, -0.1) is 0 Å². The molecule has 0 aliphatic heterocycles. The highest BCUT2D eigenvalue weighted by Gasteiger charge is 2.19. The van der Waals surface area contributed by atoms with Crippen LogP contribution in [0.4, 0.5) is 5.69 Å². The monoisotopic (exact) mass is 450 g/mol. The number of nitrogens with one attached hydrogen (secondary N) is 1. The van der Waals surface area contributed by atoms with E-state index >= 15 is 0 Å². The van der Waals surface area contributed by atoms with Gasteiger partial charge in [-0.2, -0.15) is 0 Å². The molecule has 6 heteroatoms. The molecular weight excluding hydrogens is 420 g/mol. The van der Waals surface area contributed by atoms with Crippen molar-refractivity contribution in [3.63, 3.8) is 0 Å². The first-order valence-corrected chi connectivity index (χ1v) is 12.5. The van der Waals surface area contributed by atoms with E-state index in [0.717, 1.165) is 23.1 Å². The number of aryl methyl sites for hydroxylation is 2. The normalized spacial score (nSPS) is 12.2. The Bertz CT molecular complexity index is 1170. The molecule has 3 aromatic rings. The SMILES string of the molecule is CC[C@@H](NC(=O)c1ccc(CN(c2cccc(C)c2)S(C)(=O)=O)cc1)c1ccc(C)cc1. The maximum absolute atomic E-state index is 12.8. The van der Waals surface area contributed by atoms with Gasteiger partial charge in [-0.3, -0.25) is 9.10 Å². The molecule has 0 fully saturated rings. The van der Waals surface area contributed by atoms with Gasteiger partial charge < -0.3 is 5.32 Å². The van der Waals surface area contributed by atoms with Crippen molar-refractivity contribution in [2.24, 2.45) is 0 Å². The van der Waals surface area contributed by atoms with E-state index in [1.165, 1.54) is 16.1 Å². The minimum Gasteiger partial charge on any atom is -0.345 e. The minimum atomic E-state index is -3.46. The summed E-state index contributed by atoms with van der Waals surface area (Å²) in [4.78, 5) is 12.8. The lowest BCUT2D eigenvalue weighted by Gasteiger charge is -2.23. The minimum absolute atomic E-state index is 0.0650. The van der Waals surface area contributed by atoms with Crippen LogP contribution in [-0.2, 0) is 16.6 Å². The molecule has 168 valence electrons. The first-order valence-electron chi connectivity index (χ1n) is 10.7. The molecule has 0 heterocycles. The van der Waals surface area contributed by atoms with Gasteiger partial charge in [-0.1, -0.05) is 61.0 Å². The zero-order valence-electron chi connectivity index (χ0n) is 19.0. The standard InChI is InChI=1S/C26H30N2O3S/c1-5-25(22-13-9-19(2)10-14-22)27-26(29)23-15-11-21(12-16-23)18-28(32(4,30)31)24-8-6-7-20(3)17-24/h6-17,25H,5,18H2,1-4H3,(H,27,29)/t25-/m1/s1. The molecule has 0 radical (unpaired) electrons. The zero-order chi connectivity index (χ0) is 23.3. The van der Waals surface area contributed by atoms with Crippen molar-refractivity contribution in [1.29, 1.82) is 0 Å². The average Bonchev–Trinajstić information content (AvgIpc) is 2.76. The second-order valence-electron chi connectivity index (χ2n) is 8.15. The van der Waals surface area contributed by atoms with Gasteiger partial charge in [0.2, 0.25) is 10.0 Å². The topological polar surface area (TPSA) is 66.5 Å². The van der Waals surface area contributed by atoms with Gasteiger partial charge in [-0.05, 0) is 61.2 Å². The maximum atomic E-state index is 12.8. The first kappa shape index (κ1) is 23.5. The van der Waals surface area contributed by atoms with Crippen LogP contribution in [0.25, 0.3) is 0 Å². The van der Waals surface area contributed by atoms with Crippen molar-refractivity contribution in [1.82, 2.24) is 5.32 Å². The number of benzene rings is 3. The number of anilines is 1. The molecule has 3 aromatic carbocycles. The number of nitrogens with zero attached hydrogens (tertiary/aromatic N) is 1. The highest BCUT2D eigenvalue weighted by atomic mass is 32.2. The number of hydrogen-bond acceptors (Lipinski definition) is 3. The number of carbonyl (C=O) groups excluding carboxylic acids is 1. The lowest BCUT2D eigenvalue weighted by atomic mass is 10.0. The third kappa shape index (κ3) is 5.98. The fourth-order valence-electron chi connectivity index (χ4n) is 3.57. The summed E-state index contributed by atoms with van der Waals surface area (Å²) in [6, 6.07) is 22.6. The molecule has 1 atom stereocenters. The lowest BCUT2D eigenvalue weighted by molar-refractivity contribution is 0.0935. The Morgan fingerprint density at radius 1 is 0.938 bits per heavy atom. The highest BCUT2D eigenvalue weighted by molar-refractivity contribution is 7.92. The summed E-state index contributed by atoms with van der Waals surface area (Å²) in [5, 5.41) is 3.09. The quantitative estimate of drug-likeness (QED) is 0.516. The zero-order valence-corrected chi connectivity index (χ0v) is 19.8. The Balaban J connectivity index is 1.74. The van der Waals surface area contributed by atoms with Gasteiger partial charge in [0.15, 0.2) is 0 Å². The van der Waals surface area contributed by atoms with Crippen LogP contribution in [-0.4, -0.2) is 20.6 Å². The molecular formula is C26H30N2O3S. The Labute approximate surface area is 191 Å². The van der Waals surface area contributed by atoms with E-state index in [4.69, 9.17) is 0 Å². The van der Waals surface area contributed by atoms with Crippen LogP contribution in [0.5, 0.6) is 0 Å². The molecule has 0 aliphatic carbocycles. The van der Waals surface area contributed by atoms with Crippen molar-refractivity contribution in [3.05, 3.63) is 101 Å². The summed E-state index contributed by atoms with van der Waals surface area (Å²) in [5.41, 5.74) is 5.21. The molecule has 3 rings (SSSR count). The Hall–Kier alpha value is -3.12. The van der Waals surface area contributed by atoms with Gasteiger partial charge in [0, 0.05) is 5.56 Å². The first-order chi connectivity index (χ1) is 15.2. The van der Waals surface area contributed by atoms with E-state index in [1.807, 2.05) is 63.2 Å². The highest BCUT2D eigenvalue weighted by Crippen LogP contribution is 2.22. The molecule has 0 aromatic heterocycles. The summed E-state index contributed by atoms with van der Waals surface area (Å²) >= 11 is 0. The van der Waals surface area contributed by atoms with Crippen molar-refractivity contribution in [2.75, 3.05) is 10.6 Å². The van der Waals surface area contributed by atoms with Crippen molar-refractivity contribution < 1.29 is 13.2 Å². The Kier molecular flexibility index (Phi) is 7.36. The molecule has 1 amide bonds. The summed E-state index contributed by atoms with van der Waals surface area (Å²) in [5.74, 6) is -0.150.